The van der Waals surface area contributed by atoms with E-state index in [9.17, 15) is 15.3 Å². The fraction of sp³-hybridized carbons (Fsp3) is 0.562. The van der Waals surface area contributed by atoms with E-state index in [-0.39, 0.29) is 11.7 Å². The molecule has 41 heavy (non-hydrogen) atoms. The molecule has 0 aliphatic carbocycles. The zero-order valence-electron chi connectivity index (χ0n) is 24.8. The number of pyridine rings is 1. The lowest BCUT2D eigenvalue weighted by Gasteiger charge is -2.34. The number of aromatic nitrogens is 3. The third-order valence-electron chi connectivity index (χ3n) is 7.43. The molecule has 0 N–H and O–H groups in total. The Hall–Kier alpha value is -3.98. The summed E-state index contributed by atoms with van der Waals surface area (Å²) in [5, 5.41) is 19.0. The predicted octanol–water partition coefficient (Wildman–Crippen LogP) is 5.79. The van der Waals surface area contributed by atoms with Gasteiger partial charge in [-0.15, -0.1) is 0 Å². The van der Waals surface area contributed by atoms with Crippen molar-refractivity contribution in [2.75, 3.05) is 36.0 Å². The fourth-order valence-electron chi connectivity index (χ4n) is 5.09. The van der Waals surface area contributed by atoms with Crippen LogP contribution in [0.5, 0.6) is 6.01 Å². The second-order valence-electron chi connectivity index (χ2n) is 11.0. The van der Waals surface area contributed by atoms with Crippen LogP contribution in [0.3, 0.4) is 0 Å². The van der Waals surface area contributed by atoms with Crippen molar-refractivity contribution in [3.8, 4) is 18.1 Å². The molecule has 0 saturated carbocycles. The van der Waals surface area contributed by atoms with Gasteiger partial charge < -0.3 is 14.5 Å². The topological polar surface area (TPSA) is 119 Å². The van der Waals surface area contributed by atoms with Crippen molar-refractivity contribution < 1.29 is 9.53 Å². The van der Waals surface area contributed by atoms with E-state index in [0.29, 0.717) is 69.5 Å². The highest BCUT2D eigenvalue weighted by Crippen LogP contribution is 2.32. The quantitative estimate of drug-likeness (QED) is 0.176. The largest absolute Gasteiger partial charge is 0.463 e. The van der Waals surface area contributed by atoms with Crippen molar-refractivity contribution in [1.82, 2.24) is 15.0 Å². The van der Waals surface area contributed by atoms with Gasteiger partial charge in [-0.05, 0) is 49.7 Å². The number of nitrogens with zero attached hydrogens (tertiary/aromatic N) is 7. The van der Waals surface area contributed by atoms with Gasteiger partial charge in [0.05, 0.1) is 42.4 Å². The highest BCUT2D eigenvalue weighted by Gasteiger charge is 2.27. The molecule has 3 rings (SSSR count). The highest BCUT2D eigenvalue weighted by molar-refractivity contribution is 5.88. The zero-order chi connectivity index (χ0) is 29.6. The molecular formula is C32H43N7O2. The number of carbonyl (C=O) groups excluding carboxylic acids is 1. The number of carbonyl (C=O) groups is 1. The van der Waals surface area contributed by atoms with Crippen molar-refractivity contribution in [3.05, 3.63) is 47.9 Å². The van der Waals surface area contributed by atoms with E-state index < -0.39 is 0 Å². The van der Waals surface area contributed by atoms with Crippen LogP contribution in [0.2, 0.25) is 0 Å². The van der Waals surface area contributed by atoms with Crippen LogP contribution < -0.4 is 14.5 Å². The molecule has 9 nitrogen and oxygen atoms in total. The molecular weight excluding hydrogens is 514 g/mol. The molecule has 1 aliphatic rings. The summed E-state index contributed by atoms with van der Waals surface area (Å²) < 4.78 is 6.19. The molecule has 2 atom stereocenters. The van der Waals surface area contributed by atoms with Gasteiger partial charge in [0.15, 0.2) is 5.78 Å². The zero-order valence-corrected chi connectivity index (χ0v) is 24.8. The van der Waals surface area contributed by atoms with Gasteiger partial charge in [0.25, 0.3) is 0 Å². The number of ether oxygens (including phenoxy) is 1. The summed E-state index contributed by atoms with van der Waals surface area (Å²) in [5.41, 5.74) is 3.33. The van der Waals surface area contributed by atoms with E-state index in [0.717, 1.165) is 54.9 Å². The first-order valence-corrected chi connectivity index (χ1v) is 14.8. The average Bonchev–Trinajstić information content (AvgIpc) is 2.99. The van der Waals surface area contributed by atoms with Gasteiger partial charge in [0.2, 0.25) is 0 Å². The molecule has 0 aromatic carbocycles. The molecule has 2 aromatic rings. The van der Waals surface area contributed by atoms with Crippen LogP contribution in [-0.4, -0.2) is 47.0 Å². The van der Waals surface area contributed by atoms with E-state index in [1.54, 1.807) is 18.5 Å². The van der Waals surface area contributed by atoms with Crippen LogP contribution in [0.25, 0.3) is 0 Å². The summed E-state index contributed by atoms with van der Waals surface area (Å²) >= 11 is 0. The third-order valence-corrected chi connectivity index (χ3v) is 7.43. The molecule has 0 fully saturated rings. The number of rotatable bonds is 17. The van der Waals surface area contributed by atoms with Crippen LogP contribution >= 0.6 is 0 Å². The van der Waals surface area contributed by atoms with Gasteiger partial charge in [0.1, 0.15) is 11.9 Å². The normalized spacial score (nSPS) is 13.8. The molecule has 0 spiro atoms. The summed E-state index contributed by atoms with van der Waals surface area (Å²) in [6.07, 6.45) is 11.3. The van der Waals surface area contributed by atoms with Crippen LogP contribution in [0, 0.1) is 34.5 Å². The number of fused-ring (bicyclic) bond motifs is 1. The van der Waals surface area contributed by atoms with E-state index in [4.69, 9.17) is 14.7 Å². The van der Waals surface area contributed by atoms with E-state index in [1.807, 2.05) is 0 Å². The fourth-order valence-corrected chi connectivity index (χ4v) is 5.09. The Kier molecular flexibility index (Phi) is 12.6. The summed E-state index contributed by atoms with van der Waals surface area (Å²) in [6.45, 7) is 13.2. The van der Waals surface area contributed by atoms with Crippen molar-refractivity contribution >= 4 is 17.3 Å². The maximum atomic E-state index is 11.8. The van der Waals surface area contributed by atoms with Crippen molar-refractivity contribution in [2.45, 2.75) is 78.7 Å². The summed E-state index contributed by atoms with van der Waals surface area (Å²) in [7, 11) is 0. The van der Waals surface area contributed by atoms with Crippen LogP contribution in [0.4, 0.5) is 11.5 Å². The molecule has 3 heterocycles. The molecule has 0 amide bonds. The third kappa shape index (κ3) is 9.28. The van der Waals surface area contributed by atoms with Crippen LogP contribution in [0.1, 0.15) is 82.5 Å². The van der Waals surface area contributed by atoms with E-state index in [1.165, 1.54) is 6.08 Å². The predicted molar refractivity (Wildman–Crippen MR) is 161 cm³/mol. The molecule has 1 unspecified atom stereocenters. The van der Waals surface area contributed by atoms with Gasteiger partial charge in [-0.25, -0.2) is 0 Å². The molecule has 0 saturated heterocycles. The standard InChI is InChI=1S/C32H43N7O2/c1-5-7-10-25(4)23-41-32-36-29-22-38(30-20-35-16-13-26(30)19-34)18-14-28(29)31(37-32)39(21-24(3)12-15-33)17-9-8-11-27(40)6-2/h6,13,16,20,24-25H,2,5,7-12,14,17-18,21-23H2,1,3-4H3/t24-,25?/m0/s1. The second kappa shape index (κ2) is 16.3. The lowest BCUT2D eigenvalue weighted by molar-refractivity contribution is -0.114. The molecule has 2 aromatic heterocycles. The average molecular weight is 558 g/mol. The number of nitriles is 2. The lowest BCUT2D eigenvalue weighted by atomic mass is 10.0. The number of anilines is 2. The summed E-state index contributed by atoms with van der Waals surface area (Å²) in [4.78, 5) is 30.2. The Morgan fingerprint density at radius 3 is 2.80 bits per heavy atom. The number of ketones is 1. The van der Waals surface area contributed by atoms with Crippen molar-refractivity contribution in [1.29, 1.82) is 10.5 Å². The second-order valence-corrected chi connectivity index (χ2v) is 11.0. The molecule has 218 valence electrons. The van der Waals surface area contributed by atoms with Crippen molar-refractivity contribution in [2.24, 2.45) is 11.8 Å². The minimum absolute atomic E-state index is 0.0499. The molecule has 0 bridgehead atoms. The van der Waals surface area contributed by atoms with Gasteiger partial charge in [-0.3, -0.25) is 9.78 Å². The van der Waals surface area contributed by atoms with Gasteiger partial charge in [-0.1, -0.05) is 40.2 Å². The number of unbranched alkanes of at least 4 members (excludes halogenated alkanes) is 2. The van der Waals surface area contributed by atoms with Gasteiger partial charge >= 0.3 is 6.01 Å². The minimum Gasteiger partial charge on any atom is -0.463 e. The van der Waals surface area contributed by atoms with Gasteiger partial charge in [0, 0.05) is 44.2 Å². The van der Waals surface area contributed by atoms with Crippen LogP contribution in [-0.2, 0) is 17.8 Å². The molecule has 1 aliphatic heterocycles. The maximum absolute atomic E-state index is 11.8. The first-order valence-electron chi connectivity index (χ1n) is 14.8. The smallest absolute Gasteiger partial charge is 0.318 e. The number of allylic oxidation sites excluding steroid dienone is 1. The number of hydrogen-bond acceptors (Lipinski definition) is 9. The molecule has 9 heteroatoms. The maximum Gasteiger partial charge on any atom is 0.318 e. The summed E-state index contributed by atoms with van der Waals surface area (Å²) in [5.74, 6) is 1.43. The Morgan fingerprint density at radius 2 is 2.07 bits per heavy atom. The Bertz CT molecular complexity index is 1250. The first-order chi connectivity index (χ1) is 19.9. The lowest BCUT2D eigenvalue weighted by Crippen LogP contribution is -2.36. The molecule has 0 radical (unpaired) electrons. The summed E-state index contributed by atoms with van der Waals surface area (Å²) in [6, 6.07) is 6.66. The van der Waals surface area contributed by atoms with E-state index in [2.05, 4.69) is 54.3 Å². The SMILES string of the molecule is C=CC(=O)CCCCN(C[C@@H](C)CC#N)c1nc(OCC(C)CCCC)nc2c1CCN(c1cnccc1C#N)C2. The Balaban J connectivity index is 1.95. The monoisotopic (exact) mass is 557 g/mol. The van der Waals surface area contributed by atoms with Crippen molar-refractivity contribution in [3.63, 3.8) is 0 Å². The van der Waals surface area contributed by atoms with Crippen LogP contribution in [0.15, 0.2) is 31.1 Å². The number of hydrogen-bond donors (Lipinski definition) is 0. The minimum atomic E-state index is 0.0499. The highest BCUT2D eigenvalue weighted by atomic mass is 16.5. The van der Waals surface area contributed by atoms with E-state index >= 15 is 0 Å². The Labute approximate surface area is 244 Å². The Morgan fingerprint density at radius 1 is 1.24 bits per heavy atom. The van der Waals surface area contributed by atoms with Gasteiger partial charge in [-0.2, -0.15) is 20.5 Å². The first kappa shape index (κ1) is 31.5.